The zero-order valence-corrected chi connectivity index (χ0v) is 10.2. The fourth-order valence-electron chi connectivity index (χ4n) is 1.63. The number of methoxy groups -OCH3 is 1. The second-order valence-corrected chi connectivity index (χ2v) is 4.52. The maximum absolute atomic E-state index is 11.7. The topological polar surface area (TPSA) is 47.4 Å². The SMILES string of the molecule is COc1cc(N2CCC(Br)C2=O)nn1C. The van der Waals surface area contributed by atoms with Crippen molar-refractivity contribution in [3.8, 4) is 5.88 Å². The van der Waals surface area contributed by atoms with E-state index in [9.17, 15) is 4.79 Å². The summed E-state index contributed by atoms with van der Waals surface area (Å²) in [7, 11) is 3.37. The number of aromatic nitrogens is 2. The number of rotatable bonds is 2. The molecule has 6 heteroatoms. The van der Waals surface area contributed by atoms with Gasteiger partial charge in [-0.3, -0.25) is 9.69 Å². The molecule has 1 aliphatic heterocycles. The Morgan fingerprint density at radius 3 is 2.87 bits per heavy atom. The molecule has 2 heterocycles. The lowest BCUT2D eigenvalue weighted by molar-refractivity contribution is -0.116. The third-order valence-corrected chi connectivity index (χ3v) is 3.30. The third-order valence-electron chi connectivity index (χ3n) is 2.45. The number of hydrogen-bond donors (Lipinski definition) is 0. The molecule has 82 valence electrons. The zero-order valence-electron chi connectivity index (χ0n) is 8.61. The predicted molar refractivity (Wildman–Crippen MR) is 59.4 cm³/mol. The third kappa shape index (κ3) is 1.73. The van der Waals surface area contributed by atoms with Crippen LogP contribution in [-0.4, -0.2) is 34.2 Å². The summed E-state index contributed by atoms with van der Waals surface area (Å²) in [6.45, 7) is 0.703. The van der Waals surface area contributed by atoms with Crippen LogP contribution < -0.4 is 9.64 Å². The summed E-state index contributed by atoms with van der Waals surface area (Å²) < 4.78 is 6.71. The van der Waals surface area contributed by atoms with E-state index in [-0.39, 0.29) is 10.7 Å². The second-order valence-electron chi connectivity index (χ2n) is 3.41. The highest BCUT2D eigenvalue weighted by molar-refractivity contribution is 9.10. The molecule has 0 N–H and O–H groups in total. The monoisotopic (exact) mass is 273 g/mol. The minimum absolute atomic E-state index is 0.0655. The Morgan fingerprint density at radius 1 is 1.67 bits per heavy atom. The van der Waals surface area contributed by atoms with Crippen molar-refractivity contribution < 1.29 is 9.53 Å². The molecule has 1 amide bonds. The maximum atomic E-state index is 11.7. The predicted octanol–water partition coefficient (Wildman–Crippen LogP) is 0.929. The first-order valence-corrected chi connectivity index (χ1v) is 5.58. The number of carbonyl (C=O) groups excluding carboxylic acids is 1. The van der Waals surface area contributed by atoms with Gasteiger partial charge < -0.3 is 4.74 Å². The van der Waals surface area contributed by atoms with Crippen LogP contribution in [0.4, 0.5) is 5.82 Å². The van der Waals surface area contributed by atoms with E-state index in [1.54, 1.807) is 29.8 Å². The van der Waals surface area contributed by atoms with Crippen LogP contribution in [0.5, 0.6) is 5.88 Å². The molecule has 2 rings (SSSR count). The van der Waals surface area contributed by atoms with Gasteiger partial charge in [-0.25, -0.2) is 4.68 Å². The molecular weight excluding hydrogens is 262 g/mol. The molecule has 0 bridgehead atoms. The van der Waals surface area contributed by atoms with Crippen LogP contribution in [0.25, 0.3) is 0 Å². The second kappa shape index (κ2) is 3.84. The van der Waals surface area contributed by atoms with Gasteiger partial charge >= 0.3 is 0 Å². The van der Waals surface area contributed by atoms with Crippen LogP contribution in [0.2, 0.25) is 0 Å². The highest BCUT2D eigenvalue weighted by atomic mass is 79.9. The molecule has 1 fully saturated rings. The number of anilines is 1. The minimum Gasteiger partial charge on any atom is -0.481 e. The molecule has 1 aromatic rings. The molecule has 15 heavy (non-hydrogen) atoms. The zero-order chi connectivity index (χ0) is 11.0. The summed E-state index contributed by atoms with van der Waals surface area (Å²) in [6.07, 6.45) is 0.817. The standard InChI is InChI=1S/C9H12BrN3O2/c1-12-8(15-2)5-7(11-12)13-4-3-6(10)9(13)14/h5-6H,3-4H2,1-2H3. The number of carbonyl (C=O) groups is 1. The van der Waals surface area contributed by atoms with E-state index >= 15 is 0 Å². The van der Waals surface area contributed by atoms with Gasteiger partial charge in [-0.2, -0.15) is 5.10 Å². The van der Waals surface area contributed by atoms with Gasteiger partial charge in [0.15, 0.2) is 5.82 Å². The molecule has 1 aliphatic rings. The van der Waals surface area contributed by atoms with E-state index in [0.717, 1.165) is 6.42 Å². The lowest BCUT2D eigenvalue weighted by Gasteiger charge is -2.11. The van der Waals surface area contributed by atoms with Gasteiger partial charge in [0.25, 0.3) is 0 Å². The molecule has 0 saturated carbocycles. The van der Waals surface area contributed by atoms with Crippen molar-refractivity contribution in [3.05, 3.63) is 6.07 Å². The highest BCUT2D eigenvalue weighted by Crippen LogP contribution is 2.26. The van der Waals surface area contributed by atoms with Crippen LogP contribution in [0.15, 0.2) is 6.07 Å². The fourth-order valence-corrected chi connectivity index (χ4v) is 2.08. The number of ether oxygens (including phenoxy) is 1. The van der Waals surface area contributed by atoms with E-state index in [4.69, 9.17) is 4.74 Å². The number of aryl methyl sites for hydroxylation is 1. The van der Waals surface area contributed by atoms with Gasteiger partial charge in [-0.15, -0.1) is 0 Å². The summed E-state index contributed by atoms with van der Waals surface area (Å²) >= 11 is 3.33. The van der Waals surface area contributed by atoms with E-state index < -0.39 is 0 Å². The van der Waals surface area contributed by atoms with Crippen LogP contribution in [-0.2, 0) is 11.8 Å². The van der Waals surface area contributed by atoms with E-state index in [1.807, 2.05) is 0 Å². The van der Waals surface area contributed by atoms with Crippen molar-refractivity contribution in [2.75, 3.05) is 18.6 Å². The molecular formula is C9H12BrN3O2. The average Bonchev–Trinajstić information content (AvgIpc) is 2.72. The fraction of sp³-hybridized carbons (Fsp3) is 0.556. The quantitative estimate of drug-likeness (QED) is 0.754. The number of halogens is 1. The first kappa shape index (κ1) is 10.5. The number of nitrogens with zero attached hydrogens (tertiary/aromatic N) is 3. The molecule has 1 saturated heterocycles. The van der Waals surface area contributed by atoms with Crippen molar-refractivity contribution in [3.63, 3.8) is 0 Å². The van der Waals surface area contributed by atoms with E-state index in [2.05, 4.69) is 21.0 Å². The van der Waals surface area contributed by atoms with Crippen LogP contribution in [0, 0.1) is 0 Å². The highest BCUT2D eigenvalue weighted by Gasteiger charge is 2.32. The van der Waals surface area contributed by atoms with Crippen LogP contribution in [0.3, 0.4) is 0 Å². The van der Waals surface area contributed by atoms with Gasteiger partial charge in [-0.05, 0) is 6.42 Å². The van der Waals surface area contributed by atoms with Gasteiger partial charge in [0.05, 0.1) is 11.9 Å². The summed E-state index contributed by atoms with van der Waals surface area (Å²) in [5.41, 5.74) is 0. The maximum Gasteiger partial charge on any atom is 0.242 e. The number of alkyl halides is 1. The van der Waals surface area contributed by atoms with Gasteiger partial charge in [0.2, 0.25) is 11.8 Å². The van der Waals surface area contributed by atoms with Crippen molar-refractivity contribution in [1.29, 1.82) is 0 Å². The molecule has 1 unspecified atom stereocenters. The normalized spacial score (nSPS) is 21.1. The van der Waals surface area contributed by atoms with Crippen molar-refractivity contribution in [2.45, 2.75) is 11.2 Å². The molecule has 0 radical (unpaired) electrons. The van der Waals surface area contributed by atoms with Crippen LogP contribution in [0.1, 0.15) is 6.42 Å². The summed E-state index contributed by atoms with van der Waals surface area (Å²) in [5.74, 6) is 1.37. The molecule has 0 aliphatic carbocycles. The van der Waals surface area contributed by atoms with Gasteiger partial charge in [0.1, 0.15) is 0 Å². The Balaban J connectivity index is 2.26. The Labute approximate surface area is 96.1 Å². The first-order valence-electron chi connectivity index (χ1n) is 4.67. The lowest BCUT2D eigenvalue weighted by Crippen LogP contribution is -2.27. The largest absolute Gasteiger partial charge is 0.481 e. The average molecular weight is 274 g/mol. The Morgan fingerprint density at radius 2 is 2.40 bits per heavy atom. The van der Waals surface area contributed by atoms with Gasteiger partial charge in [0, 0.05) is 19.7 Å². The molecule has 0 spiro atoms. The minimum atomic E-state index is -0.0782. The lowest BCUT2D eigenvalue weighted by atomic mass is 10.4. The number of hydrogen-bond acceptors (Lipinski definition) is 3. The van der Waals surface area contributed by atoms with Crippen molar-refractivity contribution in [2.24, 2.45) is 7.05 Å². The first-order chi connectivity index (χ1) is 7.13. The van der Waals surface area contributed by atoms with E-state index in [0.29, 0.717) is 18.2 Å². The summed E-state index contributed by atoms with van der Waals surface area (Å²) in [6, 6.07) is 1.77. The summed E-state index contributed by atoms with van der Waals surface area (Å²) in [4.78, 5) is 13.3. The van der Waals surface area contributed by atoms with E-state index in [1.165, 1.54) is 0 Å². The Bertz CT molecular complexity index is 391. The van der Waals surface area contributed by atoms with Crippen molar-refractivity contribution in [1.82, 2.24) is 9.78 Å². The number of amides is 1. The molecule has 0 aromatic carbocycles. The Hall–Kier alpha value is -1.04. The van der Waals surface area contributed by atoms with Crippen LogP contribution >= 0.6 is 15.9 Å². The summed E-state index contributed by atoms with van der Waals surface area (Å²) in [5, 5.41) is 4.22. The van der Waals surface area contributed by atoms with Gasteiger partial charge in [-0.1, -0.05) is 15.9 Å². The molecule has 1 aromatic heterocycles. The van der Waals surface area contributed by atoms with Crippen molar-refractivity contribution >= 4 is 27.7 Å². The smallest absolute Gasteiger partial charge is 0.242 e. The molecule has 5 nitrogen and oxygen atoms in total. The Kier molecular flexibility index (Phi) is 2.68. The molecule has 1 atom stereocenters.